The molecule has 4 aromatic rings. The van der Waals surface area contributed by atoms with Gasteiger partial charge in [-0.1, -0.05) is 78.9 Å². The topological polar surface area (TPSA) is 42.2 Å². The molecule has 0 aliphatic rings. The minimum absolute atomic E-state index is 0.224. The van der Waals surface area contributed by atoms with E-state index in [0.717, 1.165) is 27.7 Å². The lowest BCUT2D eigenvalue weighted by Crippen LogP contribution is -2.29. The van der Waals surface area contributed by atoms with Gasteiger partial charge in [0.1, 0.15) is 5.58 Å². The molecule has 0 radical (unpaired) electrons. The van der Waals surface area contributed by atoms with Crippen molar-refractivity contribution in [2.24, 2.45) is 0 Å². The zero-order valence-corrected chi connectivity index (χ0v) is 14.5. The summed E-state index contributed by atoms with van der Waals surface area (Å²) in [5.41, 5.74) is 3.83. The highest BCUT2D eigenvalue weighted by atomic mass is 16.3. The average Bonchev–Trinajstić information content (AvgIpc) is 3.13. The first kappa shape index (κ1) is 16.2. The van der Waals surface area contributed by atoms with Gasteiger partial charge >= 0.3 is 0 Å². The van der Waals surface area contributed by atoms with Crippen molar-refractivity contribution >= 4 is 16.9 Å². The first-order chi connectivity index (χ1) is 12.7. The van der Waals surface area contributed by atoms with Gasteiger partial charge < -0.3 is 9.73 Å². The van der Waals surface area contributed by atoms with Crippen LogP contribution in [0.3, 0.4) is 0 Å². The quantitative estimate of drug-likeness (QED) is 0.550. The molecule has 3 nitrogen and oxygen atoms in total. The second-order valence-electron chi connectivity index (χ2n) is 6.33. The van der Waals surface area contributed by atoms with Gasteiger partial charge in [-0.3, -0.25) is 4.79 Å². The van der Waals surface area contributed by atoms with Gasteiger partial charge in [0.05, 0.1) is 6.04 Å². The number of para-hydroxylation sites is 1. The second-order valence-corrected chi connectivity index (χ2v) is 6.33. The van der Waals surface area contributed by atoms with Crippen LogP contribution < -0.4 is 5.32 Å². The summed E-state index contributed by atoms with van der Waals surface area (Å²) in [7, 11) is 0. The molecule has 3 aromatic carbocycles. The molecule has 1 N–H and O–H groups in total. The van der Waals surface area contributed by atoms with Crippen molar-refractivity contribution in [2.75, 3.05) is 0 Å². The Bertz CT molecular complexity index is 996. The molecular formula is C23H19NO2. The molecule has 0 aliphatic carbocycles. The summed E-state index contributed by atoms with van der Waals surface area (Å²) in [6.45, 7) is 1.98. The summed E-state index contributed by atoms with van der Waals surface area (Å²) in [5, 5.41) is 4.05. The number of nitrogens with one attached hydrogen (secondary N) is 1. The summed E-state index contributed by atoms with van der Waals surface area (Å²) in [5.74, 6) is 0.101. The molecule has 3 heteroatoms. The van der Waals surface area contributed by atoms with Crippen LogP contribution in [-0.4, -0.2) is 5.91 Å². The van der Waals surface area contributed by atoms with Gasteiger partial charge in [-0.05, 0) is 29.7 Å². The van der Waals surface area contributed by atoms with Crippen molar-refractivity contribution in [3.05, 3.63) is 107 Å². The highest BCUT2D eigenvalue weighted by molar-refractivity contribution is 5.97. The van der Waals surface area contributed by atoms with E-state index >= 15 is 0 Å². The number of hydrogen-bond donors (Lipinski definition) is 1. The molecule has 1 heterocycles. The predicted octanol–water partition coefficient (Wildman–Crippen LogP) is 5.26. The van der Waals surface area contributed by atoms with Crippen LogP contribution >= 0.6 is 0 Å². The van der Waals surface area contributed by atoms with E-state index in [9.17, 15) is 4.79 Å². The van der Waals surface area contributed by atoms with Crippen LogP contribution in [0.15, 0.2) is 89.3 Å². The van der Waals surface area contributed by atoms with E-state index in [4.69, 9.17) is 4.42 Å². The lowest BCUT2D eigenvalue weighted by atomic mass is 9.98. The van der Waals surface area contributed by atoms with Crippen molar-refractivity contribution < 1.29 is 9.21 Å². The van der Waals surface area contributed by atoms with Crippen molar-refractivity contribution in [3.63, 3.8) is 0 Å². The van der Waals surface area contributed by atoms with Crippen molar-refractivity contribution in [3.8, 4) is 0 Å². The molecule has 0 saturated heterocycles. The lowest BCUT2D eigenvalue weighted by molar-refractivity contribution is 0.0917. The maximum absolute atomic E-state index is 12.9. The molecule has 0 aliphatic heterocycles. The van der Waals surface area contributed by atoms with Crippen LogP contribution in [0.2, 0.25) is 0 Å². The van der Waals surface area contributed by atoms with Crippen molar-refractivity contribution in [2.45, 2.75) is 13.0 Å². The standard InChI is InChI=1S/C23H19NO2/c1-16-9-8-14-19-15-20(26-22(16)19)23(25)24-21(17-10-4-2-5-11-17)18-12-6-3-7-13-18/h2-15,21H,1H3,(H,24,25). The number of carbonyl (C=O) groups excluding carboxylic acids is 1. The van der Waals surface area contributed by atoms with Gasteiger partial charge in [0.25, 0.3) is 5.91 Å². The number of rotatable bonds is 4. The van der Waals surface area contributed by atoms with Gasteiger partial charge in [0, 0.05) is 5.39 Å². The van der Waals surface area contributed by atoms with Gasteiger partial charge in [-0.25, -0.2) is 0 Å². The summed E-state index contributed by atoms with van der Waals surface area (Å²) in [4.78, 5) is 12.9. The molecule has 0 unspecified atom stereocenters. The number of furan rings is 1. The van der Waals surface area contributed by atoms with Crippen LogP contribution in [0, 0.1) is 6.92 Å². The number of aryl methyl sites for hydroxylation is 1. The van der Waals surface area contributed by atoms with E-state index in [1.54, 1.807) is 6.07 Å². The lowest BCUT2D eigenvalue weighted by Gasteiger charge is -2.19. The number of amides is 1. The third-order valence-corrected chi connectivity index (χ3v) is 4.51. The van der Waals surface area contributed by atoms with Gasteiger partial charge in [-0.15, -0.1) is 0 Å². The minimum Gasteiger partial charge on any atom is -0.451 e. The Hall–Kier alpha value is -3.33. The Kier molecular flexibility index (Phi) is 4.28. The Morgan fingerprint density at radius 3 is 2.04 bits per heavy atom. The fourth-order valence-electron chi connectivity index (χ4n) is 3.17. The number of benzene rings is 3. The largest absolute Gasteiger partial charge is 0.451 e. The normalized spacial score (nSPS) is 11.0. The van der Waals surface area contributed by atoms with E-state index in [1.807, 2.05) is 85.8 Å². The molecule has 0 bridgehead atoms. The van der Waals surface area contributed by atoms with Gasteiger partial charge in [0.15, 0.2) is 5.76 Å². The van der Waals surface area contributed by atoms with E-state index in [-0.39, 0.29) is 11.9 Å². The summed E-state index contributed by atoms with van der Waals surface area (Å²) in [6, 6.07) is 27.3. The summed E-state index contributed by atoms with van der Waals surface area (Å²) >= 11 is 0. The third kappa shape index (κ3) is 3.11. The smallest absolute Gasteiger partial charge is 0.287 e. The molecule has 1 amide bonds. The Morgan fingerprint density at radius 1 is 0.846 bits per heavy atom. The van der Waals surface area contributed by atoms with Crippen LogP contribution in [-0.2, 0) is 0 Å². The zero-order valence-electron chi connectivity index (χ0n) is 14.5. The van der Waals surface area contributed by atoms with Crippen molar-refractivity contribution in [1.29, 1.82) is 0 Å². The highest BCUT2D eigenvalue weighted by Gasteiger charge is 2.20. The van der Waals surface area contributed by atoms with Gasteiger partial charge in [0.2, 0.25) is 0 Å². The Morgan fingerprint density at radius 2 is 1.46 bits per heavy atom. The number of hydrogen-bond acceptors (Lipinski definition) is 2. The highest BCUT2D eigenvalue weighted by Crippen LogP contribution is 2.25. The van der Waals surface area contributed by atoms with Crippen LogP contribution in [0.5, 0.6) is 0 Å². The molecule has 0 spiro atoms. The summed E-state index contributed by atoms with van der Waals surface area (Å²) < 4.78 is 5.82. The number of fused-ring (bicyclic) bond motifs is 1. The minimum atomic E-state index is -0.237. The van der Waals surface area contributed by atoms with E-state index in [2.05, 4.69) is 5.32 Å². The Balaban J connectivity index is 1.68. The predicted molar refractivity (Wildman–Crippen MR) is 103 cm³/mol. The van der Waals surface area contributed by atoms with Gasteiger partial charge in [-0.2, -0.15) is 0 Å². The van der Waals surface area contributed by atoms with Crippen LogP contribution in [0.4, 0.5) is 0 Å². The van der Waals surface area contributed by atoms with Crippen molar-refractivity contribution in [1.82, 2.24) is 5.32 Å². The Labute approximate surface area is 152 Å². The average molecular weight is 341 g/mol. The van der Waals surface area contributed by atoms with Crippen LogP contribution in [0.25, 0.3) is 11.0 Å². The van der Waals surface area contributed by atoms with E-state index < -0.39 is 0 Å². The van der Waals surface area contributed by atoms with E-state index in [0.29, 0.717) is 5.76 Å². The molecule has 1 aromatic heterocycles. The van der Waals surface area contributed by atoms with E-state index in [1.165, 1.54) is 0 Å². The monoisotopic (exact) mass is 341 g/mol. The molecule has 4 rings (SSSR count). The maximum Gasteiger partial charge on any atom is 0.287 e. The second kappa shape index (κ2) is 6.89. The number of carbonyl (C=O) groups is 1. The molecule has 26 heavy (non-hydrogen) atoms. The van der Waals surface area contributed by atoms with Crippen LogP contribution in [0.1, 0.15) is 33.3 Å². The molecule has 0 fully saturated rings. The third-order valence-electron chi connectivity index (χ3n) is 4.51. The first-order valence-electron chi connectivity index (χ1n) is 8.62. The zero-order chi connectivity index (χ0) is 17.9. The molecule has 0 saturated carbocycles. The molecule has 0 atom stereocenters. The molecule has 128 valence electrons. The summed E-state index contributed by atoms with van der Waals surface area (Å²) in [6.07, 6.45) is 0. The maximum atomic E-state index is 12.9. The molecular weight excluding hydrogens is 322 g/mol. The fourth-order valence-corrected chi connectivity index (χ4v) is 3.17. The fraction of sp³-hybridized carbons (Fsp3) is 0.0870. The SMILES string of the molecule is Cc1cccc2cc(C(=O)NC(c3ccccc3)c3ccccc3)oc12. The first-order valence-corrected chi connectivity index (χ1v) is 8.62.